The van der Waals surface area contributed by atoms with Crippen molar-refractivity contribution in [3.05, 3.63) is 35.8 Å². The molecule has 2 heterocycles. The normalized spacial score (nSPS) is 28.5. The van der Waals surface area contributed by atoms with Crippen molar-refractivity contribution in [1.82, 2.24) is 15.0 Å². The van der Waals surface area contributed by atoms with E-state index in [9.17, 15) is 28.5 Å². The summed E-state index contributed by atoms with van der Waals surface area (Å²) in [7, 11) is 0. The third kappa shape index (κ3) is 3.83. The minimum Gasteiger partial charge on any atom is -0.394 e. The van der Waals surface area contributed by atoms with Crippen LogP contribution < -0.4 is 0 Å². The Kier molecular flexibility index (Phi) is 6.06. The molecule has 0 spiro atoms. The number of hydrogen-bond acceptors (Lipinski definition) is 7. The van der Waals surface area contributed by atoms with Gasteiger partial charge in [-0.25, -0.2) is 17.9 Å². The SMILES string of the molecule is CCS[C@H]1OC(CO)[C@H](O)[C@H](n2cc(-c3cc(F)c(F)c(F)c3)nn2)C1O. The van der Waals surface area contributed by atoms with Gasteiger partial charge in [0.15, 0.2) is 17.5 Å². The van der Waals surface area contributed by atoms with Crippen molar-refractivity contribution in [1.29, 1.82) is 0 Å². The van der Waals surface area contributed by atoms with E-state index in [-0.39, 0.29) is 11.3 Å². The van der Waals surface area contributed by atoms with Crippen molar-refractivity contribution < 1.29 is 33.2 Å². The molecule has 0 bridgehead atoms. The van der Waals surface area contributed by atoms with E-state index in [0.717, 1.165) is 16.8 Å². The number of hydrogen-bond donors (Lipinski definition) is 3. The monoisotopic (exact) mass is 405 g/mol. The fourth-order valence-corrected chi connectivity index (χ4v) is 3.85. The highest BCUT2D eigenvalue weighted by atomic mass is 32.2. The molecular formula is C16H18F3N3O4S. The number of ether oxygens (including phenoxy) is 1. The lowest BCUT2D eigenvalue weighted by Crippen LogP contribution is -2.55. The molecular weight excluding hydrogens is 387 g/mol. The minimum atomic E-state index is -1.59. The zero-order chi connectivity index (χ0) is 19.7. The number of rotatable bonds is 5. The molecule has 11 heteroatoms. The van der Waals surface area contributed by atoms with Gasteiger partial charge in [-0.15, -0.1) is 16.9 Å². The quantitative estimate of drug-likeness (QED) is 0.641. The molecule has 1 aliphatic rings. The third-order valence-corrected chi connectivity index (χ3v) is 5.33. The van der Waals surface area contributed by atoms with Gasteiger partial charge in [0.1, 0.15) is 35.5 Å². The summed E-state index contributed by atoms with van der Waals surface area (Å²) < 4.78 is 46.7. The lowest BCUT2D eigenvalue weighted by molar-refractivity contribution is -0.178. The van der Waals surface area contributed by atoms with Crippen LogP contribution in [-0.2, 0) is 4.74 Å². The summed E-state index contributed by atoms with van der Waals surface area (Å²) in [5.41, 5.74) is -0.736. The van der Waals surface area contributed by atoms with E-state index >= 15 is 0 Å². The van der Waals surface area contributed by atoms with Crippen molar-refractivity contribution in [3.63, 3.8) is 0 Å². The average Bonchev–Trinajstić information content (AvgIpc) is 3.11. The van der Waals surface area contributed by atoms with Crippen molar-refractivity contribution in [2.45, 2.75) is 36.7 Å². The van der Waals surface area contributed by atoms with Crippen LogP contribution in [0.1, 0.15) is 13.0 Å². The van der Waals surface area contributed by atoms with E-state index in [2.05, 4.69) is 10.3 Å². The Morgan fingerprint density at radius 1 is 1.19 bits per heavy atom. The first-order valence-electron chi connectivity index (χ1n) is 8.18. The lowest BCUT2D eigenvalue weighted by atomic mass is 9.97. The Morgan fingerprint density at radius 2 is 1.85 bits per heavy atom. The molecule has 1 fully saturated rings. The first kappa shape index (κ1) is 20.1. The van der Waals surface area contributed by atoms with Crippen molar-refractivity contribution >= 4 is 11.8 Å². The molecule has 1 saturated heterocycles. The summed E-state index contributed by atoms with van der Waals surface area (Å²) in [4.78, 5) is 0. The zero-order valence-electron chi connectivity index (χ0n) is 14.2. The summed E-state index contributed by atoms with van der Waals surface area (Å²) in [5, 5.41) is 38.0. The van der Waals surface area contributed by atoms with Crippen LogP contribution >= 0.6 is 11.8 Å². The van der Waals surface area contributed by atoms with Crippen LogP contribution in [0.3, 0.4) is 0 Å². The molecule has 1 aromatic heterocycles. The Labute approximate surface area is 156 Å². The molecule has 0 amide bonds. The van der Waals surface area contributed by atoms with Crippen LogP contribution in [0.15, 0.2) is 18.3 Å². The van der Waals surface area contributed by atoms with E-state index in [1.165, 1.54) is 18.0 Å². The second kappa shape index (κ2) is 8.15. The third-order valence-electron chi connectivity index (χ3n) is 4.27. The fraction of sp³-hybridized carbons (Fsp3) is 0.500. The summed E-state index contributed by atoms with van der Waals surface area (Å²) in [6.07, 6.45) is -2.15. The number of aliphatic hydroxyl groups excluding tert-OH is 3. The Balaban J connectivity index is 1.93. The lowest BCUT2D eigenvalue weighted by Gasteiger charge is -2.41. The Bertz CT molecular complexity index is 786. The Hall–Kier alpha value is -1.66. The number of thioether (sulfide) groups is 1. The van der Waals surface area contributed by atoms with E-state index in [1.807, 2.05) is 6.92 Å². The van der Waals surface area contributed by atoms with E-state index in [4.69, 9.17) is 4.74 Å². The molecule has 7 nitrogen and oxygen atoms in total. The molecule has 2 unspecified atom stereocenters. The molecule has 3 rings (SSSR count). The predicted octanol–water partition coefficient (Wildman–Crippen LogP) is 1.10. The number of aromatic nitrogens is 3. The van der Waals surface area contributed by atoms with Gasteiger partial charge in [0, 0.05) is 5.56 Å². The molecule has 0 radical (unpaired) electrons. The van der Waals surface area contributed by atoms with Crippen LogP contribution in [0, 0.1) is 17.5 Å². The zero-order valence-corrected chi connectivity index (χ0v) is 15.0. The van der Waals surface area contributed by atoms with Crippen LogP contribution in [0.25, 0.3) is 11.3 Å². The summed E-state index contributed by atoms with van der Waals surface area (Å²) in [5.74, 6) is -3.71. The maximum Gasteiger partial charge on any atom is 0.194 e. The van der Waals surface area contributed by atoms with Gasteiger partial charge in [0.05, 0.1) is 12.8 Å². The first-order valence-corrected chi connectivity index (χ1v) is 9.23. The fourth-order valence-electron chi connectivity index (χ4n) is 2.94. The summed E-state index contributed by atoms with van der Waals surface area (Å²) >= 11 is 1.29. The van der Waals surface area contributed by atoms with Crippen molar-refractivity contribution in [2.75, 3.05) is 12.4 Å². The predicted molar refractivity (Wildman–Crippen MR) is 90.3 cm³/mol. The maximum atomic E-state index is 13.4. The highest BCUT2D eigenvalue weighted by Gasteiger charge is 2.46. The molecule has 1 aromatic carbocycles. The number of nitrogens with zero attached hydrogens (tertiary/aromatic N) is 3. The molecule has 27 heavy (non-hydrogen) atoms. The van der Waals surface area contributed by atoms with Gasteiger partial charge >= 0.3 is 0 Å². The van der Waals surface area contributed by atoms with Gasteiger partial charge in [-0.3, -0.25) is 0 Å². The molecule has 148 valence electrons. The van der Waals surface area contributed by atoms with Crippen LogP contribution in [0.5, 0.6) is 0 Å². The molecule has 1 aliphatic heterocycles. The number of halogens is 3. The van der Waals surface area contributed by atoms with Crippen LogP contribution in [0.4, 0.5) is 13.2 Å². The number of aliphatic hydroxyl groups is 3. The standard InChI is InChI=1S/C16H18F3N3O4S/c1-2-27-16-15(25)13(14(24)11(6-23)26-16)22-5-10(20-21-22)7-3-8(17)12(19)9(18)4-7/h3-5,11,13-16,23-25H,2,6H2,1H3/t11?,13-,14-,15?,16+/m0/s1. The first-order chi connectivity index (χ1) is 12.9. The molecule has 3 N–H and O–H groups in total. The smallest absolute Gasteiger partial charge is 0.194 e. The molecule has 2 aromatic rings. The van der Waals surface area contributed by atoms with Crippen molar-refractivity contribution in [2.24, 2.45) is 0 Å². The van der Waals surface area contributed by atoms with E-state index in [1.54, 1.807) is 0 Å². The van der Waals surface area contributed by atoms with E-state index < -0.39 is 53.8 Å². The minimum absolute atomic E-state index is 0.0268. The van der Waals surface area contributed by atoms with Gasteiger partial charge in [-0.05, 0) is 17.9 Å². The second-order valence-electron chi connectivity index (χ2n) is 5.99. The Morgan fingerprint density at radius 3 is 2.44 bits per heavy atom. The molecule has 5 atom stereocenters. The molecule has 0 saturated carbocycles. The van der Waals surface area contributed by atoms with Crippen LogP contribution in [-0.4, -0.2) is 66.4 Å². The van der Waals surface area contributed by atoms with Crippen LogP contribution in [0.2, 0.25) is 0 Å². The summed E-state index contributed by atoms with van der Waals surface area (Å²) in [6.45, 7) is 1.39. The largest absolute Gasteiger partial charge is 0.394 e. The van der Waals surface area contributed by atoms with E-state index in [0.29, 0.717) is 5.75 Å². The average molecular weight is 405 g/mol. The van der Waals surface area contributed by atoms with Gasteiger partial charge in [-0.1, -0.05) is 12.1 Å². The topological polar surface area (TPSA) is 101 Å². The van der Waals surface area contributed by atoms with Gasteiger partial charge in [0.2, 0.25) is 0 Å². The van der Waals surface area contributed by atoms with Gasteiger partial charge in [0.25, 0.3) is 0 Å². The highest BCUT2D eigenvalue weighted by molar-refractivity contribution is 7.99. The van der Waals surface area contributed by atoms with Crippen molar-refractivity contribution in [3.8, 4) is 11.3 Å². The number of benzene rings is 1. The highest BCUT2D eigenvalue weighted by Crippen LogP contribution is 2.35. The summed E-state index contributed by atoms with van der Waals surface area (Å²) in [6, 6.07) is 0.544. The van der Waals surface area contributed by atoms with Gasteiger partial charge in [-0.2, -0.15) is 0 Å². The van der Waals surface area contributed by atoms with Gasteiger partial charge < -0.3 is 20.1 Å². The maximum absolute atomic E-state index is 13.4. The molecule has 0 aliphatic carbocycles. The second-order valence-corrected chi connectivity index (χ2v) is 7.37.